The van der Waals surface area contributed by atoms with Gasteiger partial charge in [-0.15, -0.1) is 11.3 Å². The molecule has 4 rings (SSSR count). The standard InChI is InChI=1S/C19H19FN6O3S/c1-9(12-5-13(20)7-21-6-12)22-19-24-14(15-16(25-19)23-10(2)30-15)17(27)26-4-3-11(8-26)18(28)29/h5-7,9,11H,3-4,8H2,1-2H3,(H,28,29)(H,22,24,25)/t9-,11?/m0/s1. The third-order valence-corrected chi connectivity index (χ3v) is 5.93. The van der Waals surface area contributed by atoms with Crippen molar-refractivity contribution < 1.29 is 19.1 Å². The number of thiazole rings is 1. The molecule has 1 aliphatic rings. The highest BCUT2D eigenvalue weighted by atomic mass is 32.1. The smallest absolute Gasteiger partial charge is 0.308 e. The number of hydrogen-bond donors (Lipinski definition) is 2. The molecular weight excluding hydrogens is 411 g/mol. The van der Waals surface area contributed by atoms with Crippen molar-refractivity contribution in [2.75, 3.05) is 18.4 Å². The summed E-state index contributed by atoms with van der Waals surface area (Å²) in [5.74, 6) is -2.11. The van der Waals surface area contributed by atoms with Gasteiger partial charge in [0.25, 0.3) is 5.91 Å². The summed E-state index contributed by atoms with van der Waals surface area (Å²) in [5, 5.41) is 13.0. The van der Waals surface area contributed by atoms with Crippen molar-refractivity contribution in [3.05, 3.63) is 40.5 Å². The van der Waals surface area contributed by atoms with Crippen LogP contribution >= 0.6 is 11.3 Å². The number of carboxylic acids is 1. The van der Waals surface area contributed by atoms with Crippen LogP contribution < -0.4 is 5.32 Å². The molecule has 156 valence electrons. The van der Waals surface area contributed by atoms with E-state index in [0.29, 0.717) is 28.9 Å². The number of likely N-dealkylation sites (tertiary alicyclic amines) is 1. The van der Waals surface area contributed by atoms with E-state index in [-0.39, 0.29) is 30.1 Å². The lowest BCUT2D eigenvalue weighted by Crippen LogP contribution is -2.31. The lowest BCUT2D eigenvalue weighted by atomic mass is 10.1. The third-order valence-electron chi connectivity index (χ3n) is 4.96. The molecule has 30 heavy (non-hydrogen) atoms. The fourth-order valence-electron chi connectivity index (χ4n) is 3.38. The van der Waals surface area contributed by atoms with Gasteiger partial charge in [-0.25, -0.2) is 14.4 Å². The van der Waals surface area contributed by atoms with Gasteiger partial charge >= 0.3 is 5.97 Å². The van der Waals surface area contributed by atoms with Crippen molar-refractivity contribution >= 4 is 39.5 Å². The van der Waals surface area contributed by atoms with Crippen molar-refractivity contribution in [3.63, 3.8) is 0 Å². The number of pyridine rings is 1. The van der Waals surface area contributed by atoms with Crippen LogP contribution in [0.25, 0.3) is 10.3 Å². The van der Waals surface area contributed by atoms with Crippen molar-refractivity contribution in [1.29, 1.82) is 0 Å². The van der Waals surface area contributed by atoms with E-state index >= 15 is 0 Å². The number of carbonyl (C=O) groups is 2. The molecule has 0 spiro atoms. The molecule has 4 heterocycles. The van der Waals surface area contributed by atoms with Gasteiger partial charge in [-0.2, -0.15) is 4.98 Å². The zero-order chi connectivity index (χ0) is 21.4. The zero-order valence-corrected chi connectivity index (χ0v) is 17.1. The fourth-order valence-corrected chi connectivity index (χ4v) is 4.22. The number of fused-ring (bicyclic) bond motifs is 1. The minimum absolute atomic E-state index is 0.144. The Kier molecular flexibility index (Phi) is 5.29. The number of halogens is 1. The number of amides is 1. The van der Waals surface area contributed by atoms with Gasteiger partial charge in [0.05, 0.1) is 23.2 Å². The Morgan fingerprint density at radius 2 is 2.13 bits per heavy atom. The van der Waals surface area contributed by atoms with Crippen LogP contribution in [0.4, 0.5) is 10.3 Å². The van der Waals surface area contributed by atoms with E-state index in [1.807, 2.05) is 6.92 Å². The normalized spacial score (nSPS) is 17.3. The molecule has 0 bridgehead atoms. The first-order valence-electron chi connectivity index (χ1n) is 9.36. The molecule has 3 aromatic rings. The van der Waals surface area contributed by atoms with Crippen molar-refractivity contribution in [3.8, 4) is 0 Å². The average Bonchev–Trinajstić information content (AvgIpc) is 3.33. The fraction of sp³-hybridized carbons (Fsp3) is 0.368. The molecule has 0 aromatic carbocycles. The molecule has 2 N–H and O–H groups in total. The number of aromatic nitrogens is 4. The molecule has 1 amide bonds. The van der Waals surface area contributed by atoms with Crippen LogP contribution in [-0.2, 0) is 4.79 Å². The van der Waals surface area contributed by atoms with Gasteiger partial charge < -0.3 is 15.3 Å². The molecule has 2 atom stereocenters. The summed E-state index contributed by atoms with van der Waals surface area (Å²) < 4.78 is 14.0. The van der Waals surface area contributed by atoms with Crippen molar-refractivity contribution in [2.45, 2.75) is 26.3 Å². The van der Waals surface area contributed by atoms with Gasteiger partial charge in [-0.3, -0.25) is 14.6 Å². The molecule has 0 saturated carbocycles. The second kappa shape index (κ2) is 7.90. The van der Waals surface area contributed by atoms with Crippen LogP contribution in [0.2, 0.25) is 0 Å². The van der Waals surface area contributed by atoms with Gasteiger partial charge in [0.1, 0.15) is 10.5 Å². The van der Waals surface area contributed by atoms with Gasteiger partial charge in [0.2, 0.25) is 5.95 Å². The number of rotatable bonds is 5. The average molecular weight is 430 g/mol. The lowest BCUT2D eigenvalue weighted by molar-refractivity contribution is -0.141. The molecule has 11 heteroatoms. The number of aryl methyl sites for hydroxylation is 1. The second-order valence-electron chi connectivity index (χ2n) is 7.16. The molecule has 3 aromatic heterocycles. The molecule has 9 nitrogen and oxygen atoms in total. The number of carboxylic acid groups (broad SMARTS) is 1. The Bertz CT molecular complexity index is 1140. The highest BCUT2D eigenvalue weighted by molar-refractivity contribution is 7.18. The van der Waals surface area contributed by atoms with Crippen molar-refractivity contribution in [2.24, 2.45) is 5.92 Å². The Hall–Kier alpha value is -3.21. The van der Waals surface area contributed by atoms with E-state index in [2.05, 4.69) is 25.3 Å². The summed E-state index contributed by atoms with van der Waals surface area (Å²) in [7, 11) is 0. The maximum absolute atomic E-state index is 13.5. The van der Waals surface area contributed by atoms with Crippen LogP contribution in [-0.4, -0.2) is 54.9 Å². The lowest BCUT2D eigenvalue weighted by Gasteiger charge is -2.17. The second-order valence-corrected chi connectivity index (χ2v) is 8.36. The third kappa shape index (κ3) is 3.92. The van der Waals surface area contributed by atoms with E-state index in [1.54, 1.807) is 6.92 Å². The quantitative estimate of drug-likeness (QED) is 0.634. The molecule has 1 aliphatic heterocycles. The maximum Gasteiger partial charge on any atom is 0.308 e. The van der Waals surface area contributed by atoms with Crippen molar-refractivity contribution in [1.82, 2.24) is 24.8 Å². The molecule has 1 unspecified atom stereocenters. The largest absolute Gasteiger partial charge is 0.481 e. The summed E-state index contributed by atoms with van der Waals surface area (Å²) in [4.78, 5) is 42.9. The number of nitrogens with one attached hydrogen (secondary N) is 1. The maximum atomic E-state index is 13.5. The molecule has 0 aliphatic carbocycles. The zero-order valence-electron chi connectivity index (χ0n) is 16.3. The van der Waals surface area contributed by atoms with E-state index in [0.717, 1.165) is 11.2 Å². The highest BCUT2D eigenvalue weighted by Gasteiger charge is 2.33. The Labute approximate surface area is 175 Å². The summed E-state index contributed by atoms with van der Waals surface area (Å²) >= 11 is 1.31. The SMILES string of the molecule is Cc1nc2nc(N[C@@H](C)c3cncc(F)c3)nc(C(=O)N3CCC(C(=O)O)C3)c2s1. The Balaban J connectivity index is 1.66. The Morgan fingerprint density at radius 3 is 2.83 bits per heavy atom. The monoisotopic (exact) mass is 430 g/mol. The predicted octanol–water partition coefficient (Wildman–Crippen LogP) is 2.65. The first-order valence-corrected chi connectivity index (χ1v) is 10.2. The minimum atomic E-state index is -0.911. The number of nitrogens with zero attached hydrogens (tertiary/aromatic N) is 5. The number of hydrogen-bond acceptors (Lipinski definition) is 8. The number of anilines is 1. The molecular formula is C19H19FN6O3S. The number of aliphatic carboxylic acids is 1. The summed E-state index contributed by atoms with van der Waals surface area (Å²) in [6.45, 7) is 4.11. The van der Waals surface area contributed by atoms with E-state index in [1.165, 1.54) is 28.5 Å². The molecule has 1 fully saturated rings. The van der Waals surface area contributed by atoms with Crippen LogP contribution in [0.5, 0.6) is 0 Å². The highest BCUT2D eigenvalue weighted by Crippen LogP contribution is 2.28. The summed E-state index contributed by atoms with van der Waals surface area (Å²) in [6.07, 6.45) is 3.06. The van der Waals surface area contributed by atoms with E-state index < -0.39 is 17.7 Å². The van der Waals surface area contributed by atoms with Gasteiger partial charge in [-0.1, -0.05) is 0 Å². The Morgan fingerprint density at radius 1 is 1.33 bits per heavy atom. The van der Waals surface area contributed by atoms with Crippen LogP contribution in [0.15, 0.2) is 18.5 Å². The predicted molar refractivity (Wildman–Crippen MR) is 108 cm³/mol. The van der Waals surface area contributed by atoms with Gasteiger partial charge in [-0.05, 0) is 31.9 Å². The first kappa shape index (κ1) is 20.1. The minimum Gasteiger partial charge on any atom is -0.481 e. The molecule has 1 saturated heterocycles. The van der Waals surface area contributed by atoms with Crippen LogP contribution in [0, 0.1) is 18.7 Å². The van der Waals surface area contributed by atoms with Crippen LogP contribution in [0.3, 0.4) is 0 Å². The van der Waals surface area contributed by atoms with Gasteiger partial charge in [0.15, 0.2) is 11.3 Å². The van der Waals surface area contributed by atoms with Gasteiger partial charge in [0, 0.05) is 19.3 Å². The first-order chi connectivity index (χ1) is 14.3. The molecule has 0 radical (unpaired) electrons. The van der Waals surface area contributed by atoms with E-state index in [4.69, 9.17) is 0 Å². The summed E-state index contributed by atoms with van der Waals surface area (Å²) in [5.41, 5.74) is 1.17. The van der Waals surface area contributed by atoms with E-state index in [9.17, 15) is 19.1 Å². The number of carbonyl (C=O) groups excluding carboxylic acids is 1. The summed E-state index contributed by atoms with van der Waals surface area (Å²) in [6, 6.07) is 0.995. The van der Waals surface area contributed by atoms with Crippen LogP contribution in [0.1, 0.15) is 40.4 Å². The topological polar surface area (TPSA) is 121 Å².